The van der Waals surface area contributed by atoms with Crippen LogP contribution in [-0.4, -0.2) is 28.0 Å². The number of rotatable bonds is 1. The minimum absolute atomic E-state index is 0.801. The molecule has 2 aromatic heterocycles. The molecule has 3 rings (SSSR count). The van der Waals surface area contributed by atoms with E-state index in [9.17, 15) is 0 Å². The maximum Gasteiger partial charge on any atom is 0.178 e. The largest absolute Gasteiger partial charge is 0.337 e. The number of fused-ring (bicyclic) bond motifs is 1. The van der Waals surface area contributed by atoms with Crippen molar-refractivity contribution in [1.29, 1.82) is 0 Å². The van der Waals surface area contributed by atoms with Crippen molar-refractivity contribution in [3.8, 4) is 0 Å². The lowest BCUT2D eigenvalue weighted by atomic mass is 10.1. The van der Waals surface area contributed by atoms with Crippen LogP contribution in [0.3, 0.4) is 0 Å². The van der Waals surface area contributed by atoms with Gasteiger partial charge in [-0.15, -0.1) is 0 Å². The van der Waals surface area contributed by atoms with Crippen molar-refractivity contribution in [3.05, 3.63) is 30.2 Å². The minimum atomic E-state index is 0.801. The number of pyridine rings is 1. The second kappa shape index (κ2) is 4.06. The molecule has 0 amide bonds. The van der Waals surface area contributed by atoms with E-state index in [2.05, 4.69) is 26.3 Å². The van der Waals surface area contributed by atoms with Crippen molar-refractivity contribution in [2.75, 3.05) is 13.1 Å². The van der Waals surface area contributed by atoms with Gasteiger partial charge < -0.3 is 10.3 Å². The molecule has 2 aromatic rings. The van der Waals surface area contributed by atoms with Gasteiger partial charge in [0.25, 0.3) is 0 Å². The minimum Gasteiger partial charge on any atom is -0.337 e. The maximum absolute atomic E-state index is 4.52. The van der Waals surface area contributed by atoms with Gasteiger partial charge in [-0.1, -0.05) is 6.08 Å². The molecule has 0 aliphatic carbocycles. The van der Waals surface area contributed by atoms with Crippen molar-refractivity contribution in [1.82, 2.24) is 20.3 Å². The summed E-state index contributed by atoms with van der Waals surface area (Å²) in [6.45, 7) is 2.08. The first-order chi connectivity index (χ1) is 7.93. The second-order valence-corrected chi connectivity index (χ2v) is 3.98. The van der Waals surface area contributed by atoms with Crippen LogP contribution in [-0.2, 0) is 0 Å². The number of nitrogens with one attached hydrogen (secondary N) is 2. The first-order valence-corrected chi connectivity index (χ1v) is 5.64. The highest BCUT2D eigenvalue weighted by atomic mass is 15.0. The fraction of sp³-hybridized carbons (Fsp3) is 0.333. The molecule has 0 saturated carbocycles. The molecule has 3 heterocycles. The van der Waals surface area contributed by atoms with Crippen molar-refractivity contribution >= 4 is 16.7 Å². The first kappa shape index (κ1) is 9.54. The molecular formula is C12H14N4. The van der Waals surface area contributed by atoms with Gasteiger partial charge in [0.1, 0.15) is 5.82 Å². The van der Waals surface area contributed by atoms with Crippen molar-refractivity contribution in [3.63, 3.8) is 0 Å². The lowest BCUT2D eigenvalue weighted by molar-refractivity contribution is 0.718. The molecule has 4 heteroatoms. The molecule has 0 saturated heterocycles. The Hall–Kier alpha value is -1.68. The predicted octanol–water partition coefficient (Wildman–Crippen LogP) is 1.72. The van der Waals surface area contributed by atoms with Crippen molar-refractivity contribution in [2.24, 2.45) is 0 Å². The summed E-state index contributed by atoms with van der Waals surface area (Å²) in [5.41, 5.74) is 3.11. The van der Waals surface area contributed by atoms with E-state index in [1.165, 1.54) is 5.57 Å². The van der Waals surface area contributed by atoms with E-state index in [0.29, 0.717) is 0 Å². The van der Waals surface area contributed by atoms with Gasteiger partial charge in [-0.3, -0.25) is 0 Å². The summed E-state index contributed by atoms with van der Waals surface area (Å²) in [6.07, 6.45) is 6.13. The van der Waals surface area contributed by atoms with E-state index >= 15 is 0 Å². The summed E-state index contributed by atoms with van der Waals surface area (Å²) in [6, 6.07) is 3.93. The Balaban J connectivity index is 2.01. The predicted molar refractivity (Wildman–Crippen MR) is 64.0 cm³/mol. The third kappa shape index (κ3) is 1.72. The summed E-state index contributed by atoms with van der Waals surface area (Å²) in [5.74, 6) is 0.970. The van der Waals surface area contributed by atoms with Crippen LogP contribution in [0.1, 0.15) is 18.7 Å². The molecule has 1 aliphatic rings. The summed E-state index contributed by atoms with van der Waals surface area (Å²) >= 11 is 0. The molecule has 0 radical (unpaired) electrons. The van der Waals surface area contributed by atoms with E-state index in [1.807, 2.05) is 12.1 Å². The zero-order valence-corrected chi connectivity index (χ0v) is 9.03. The molecule has 0 bridgehead atoms. The molecule has 0 aromatic carbocycles. The average Bonchev–Trinajstić information content (AvgIpc) is 2.56. The summed E-state index contributed by atoms with van der Waals surface area (Å²) in [7, 11) is 0. The number of nitrogens with zero attached hydrogens (tertiary/aromatic N) is 2. The molecule has 4 nitrogen and oxygen atoms in total. The highest BCUT2D eigenvalue weighted by Crippen LogP contribution is 2.19. The van der Waals surface area contributed by atoms with E-state index in [1.54, 1.807) is 6.20 Å². The molecule has 16 heavy (non-hydrogen) atoms. The quantitative estimate of drug-likeness (QED) is 0.760. The van der Waals surface area contributed by atoms with Gasteiger partial charge in [0.2, 0.25) is 0 Å². The Kier molecular flexibility index (Phi) is 2.42. The van der Waals surface area contributed by atoms with Crippen LogP contribution in [0.15, 0.2) is 24.4 Å². The normalized spacial score (nSPS) is 17.1. The highest BCUT2D eigenvalue weighted by molar-refractivity contribution is 5.75. The van der Waals surface area contributed by atoms with Crippen molar-refractivity contribution in [2.45, 2.75) is 12.8 Å². The first-order valence-electron chi connectivity index (χ1n) is 5.64. The fourth-order valence-electron chi connectivity index (χ4n) is 2.01. The zero-order chi connectivity index (χ0) is 10.8. The number of H-pyrrole nitrogens is 1. The van der Waals surface area contributed by atoms with Gasteiger partial charge in [-0.2, -0.15) is 0 Å². The van der Waals surface area contributed by atoms with E-state index in [4.69, 9.17) is 0 Å². The Morgan fingerprint density at radius 3 is 3.19 bits per heavy atom. The van der Waals surface area contributed by atoms with Gasteiger partial charge >= 0.3 is 0 Å². The van der Waals surface area contributed by atoms with Crippen LogP contribution in [0.25, 0.3) is 16.7 Å². The highest BCUT2D eigenvalue weighted by Gasteiger charge is 2.09. The van der Waals surface area contributed by atoms with Crippen LogP contribution in [0.4, 0.5) is 0 Å². The lowest BCUT2D eigenvalue weighted by Crippen LogP contribution is -2.13. The summed E-state index contributed by atoms with van der Waals surface area (Å²) < 4.78 is 0. The standard InChI is InChI=1S/C12H14N4/c1-3-9(5-8-13-6-1)11-15-10-4-2-7-14-12(10)16-11/h2-4,7,13H,1,5-6,8H2,(H,14,15,16). The topological polar surface area (TPSA) is 53.6 Å². The van der Waals surface area contributed by atoms with Crippen molar-refractivity contribution < 1.29 is 0 Å². The SMILES string of the molecule is C1=C(c2nc3ncccc3[nH]2)CCNCC1. The summed E-state index contributed by atoms with van der Waals surface area (Å²) in [5, 5.41) is 3.37. The van der Waals surface area contributed by atoms with Crippen LogP contribution in [0, 0.1) is 0 Å². The third-order valence-electron chi connectivity index (χ3n) is 2.84. The van der Waals surface area contributed by atoms with E-state index < -0.39 is 0 Å². The van der Waals surface area contributed by atoms with Crippen LogP contribution in [0.2, 0.25) is 0 Å². The lowest BCUT2D eigenvalue weighted by Gasteiger charge is -1.99. The summed E-state index contributed by atoms with van der Waals surface area (Å²) in [4.78, 5) is 12.1. The molecule has 1 aliphatic heterocycles. The van der Waals surface area contributed by atoms with Crippen LogP contribution < -0.4 is 5.32 Å². The smallest absolute Gasteiger partial charge is 0.178 e. The van der Waals surface area contributed by atoms with Gasteiger partial charge in [-0.05, 0) is 43.6 Å². The van der Waals surface area contributed by atoms with Gasteiger partial charge in [0.15, 0.2) is 5.65 Å². The van der Waals surface area contributed by atoms with E-state index in [0.717, 1.165) is 42.9 Å². The van der Waals surface area contributed by atoms with Gasteiger partial charge in [0, 0.05) is 6.20 Å². The monoisotopic (exact) mass is 214 g/mol. The average molecular weight is 214 g/mol. The number of imidazole rings is 1. The third-order valence-corrected chi connectivity index (χ3v) is 2.84. The Bertz CT molecular complexity index is 494. The molecule has 0 fully saturated rings. The van der Waals surface area contributed by atoms with E-state index in [-0.39, 0.29) is 0 Å². The Morgan fingerprint density at radius 2 is 2.25 bits per heavy atom. The number of aromatic nitrogens is 3. The molecule has 0 atom stereocenters. The van der Waals surface area contributed by atoms with Crippen LogP contribution >= 0.6 is 0 Å². The molecule has 82 valence electrons. The fourth-order valence-corrected chi connectivity index (χ4v) is 2.01. The second-order valence-electron chi connectivity index (χ2n) is 3.98. The van der Waals surface area contributed by atoms with Gasteiger partial charge in [-0.25, -0.2) is 9.97 Å². The molecular weight excluding hydrogens is 200 g/mol. The van der Waals surface area contributed by atoms with Gasteiger partial charge in [0.05, 0.1) is 5.52 Å². The Labute approximate surface area is 93.8 Å². The molecule has 0 unspecified atom stereocenters. The number of hydrogen-bond acceptors (Lipinski definition) is 3. The molecule has 0 spiro atoms. The van der Waals surface area contributed by atoms with Crippen LogP contribution in [0.5, 0.6) is 0 Å². The molecule has 2 N–H and O–H groups in total. The zero-order valence-electron chi connectivity index (χ0n) is 9.03. The number of aromatic amines is 1. The number of hydrogen-bond donors (Lipinski definition) is 2. The Morgan fingerprint density at radius 1 is 1.25 bits per heavy atom. The maximum atomic E-state index is 4.52.